The number of amides is 2. The lowest BCUT2D eigenvalue weighted by Crippen LogP contribution is -2.54. The van der Waals surface area contributed by atoms with Gasteiger partial charge in [0.15, 0.2) is 0 Å². The van der Waals surface area contributed by atoms with Gasteiger partial charge in [0.05, 0.1) is 12.2 Å². The molecule has 0 spiro atoms. The predicted octanol–water partition coefficient (Wildman–Crippen LogP) is 1.39. The number of nitrogens with one attached hydrogen (secondary N) is 2. The van der Waals surface area contributed by atoms with Gasteiger partial charge in [0, 0.05) is 11.1 Å². The van der Waals surface area contributed by atoms with Crippen LogP contribution in [0.25, 0.3) is 0 Å². The topological polar surface area (TPSA) is 98.7 Å². The molecule has 0 radical (unpaired) electrons. The van der Waals surface area contributed by atoms with Gasteiger partial charge in [-0.05, 0) is 30.4 Å². The van der Waals surface area contributed by atoms with Gasteiger partial charge in [-0.3, -0.25) is 24.6 Å². The number of carbonyl (C=O) groups is 3. The van der Waals surface area contributed by atoms with E-state index in [2.05, 4.69) is 17.2 Å². The quantitative estimate of drug-likeness (QED) is 0.518. The summed E-state index contributed by atoms with van der Waals surface area (Å²) in [5.41, 5.74) is 0.825. The van der Waals surface area contributed by atoms with Gasteiger partial charge in [-0.1, -0.05) is 38.1 Å². The highest BCUT2D eigenvalue weighted by molar-refractivity contribution is 5.89. The normalized spacial score (nSPS) is 27.4. The lowest BCUT2D eigenvalue weighted by Gasteiger charge is -2.43. The van der Waals surface area contributed by atoms with E-state index in [0.717, 1.165) is 17.7 Å². The van der Waals surface area contributed by atoms with Crippen LogP contribution in [0, 0.1) is 5.41 Å². The van der Waals surface area contributed by atoms with Gasteiger partial charge in [-0.25, -0.2) is 0 Å². The summed E-state index contributed by atoms with van der Waals surface area (Å²) in [6.45, 7) is 9.49. The Morgan fingerprint density at radius 1 is 1.44 bits per heavy atom. The van der Waals surface area contributed by atoms with Crippen molar-refractivity contribution in [2.75, 3.05) is 4.90 Å². The van der Waals surface area contributed by atoms with Crippen molar-refractivity contribution < 1.29 is 19.5 Å². The highest BCUT2D eigenvalue weighted by Crippen LogP contribution is 2.58. The van der Waals surface area contributed by atoms with Crippen molar-refractivity contribution in [2.24, 2.45) is 5.41 Å². The van der Waals surface area contributed by atoms with Crippen molar-refractivity contribution in [3.05, 3.63) is 42.5 Å². The maximum Gasteiger partial charge on any atom is 0.325 e. The standard InChI is InChI=1S/C20H25N3O4/c1-5-19(3,4)20-10-14(16(25)21-12(2)17(26)27)22-18(20)23(11-24)15-9-7-6-8-13(15)20/h5-9,11-12,14,18,22H,1,10H2,2-4H3,(H,21,25)(H,26,27)/t12-,14?,18-,20-/m1/s1. The number of hydrogen-bond acceptors (Lipinski definition) is 4. The van der Waals surface area contributed by atoms with E-state index < -0.39 is 35.0 Å². The van der Waals surface area contributed by atoms with Crippen molar-refractivity contribution >= 4 is 24.0 Å². The number of nitrogens with zero attached hydrogens (tertiary/aromatic N) is 1. The minimum Gasteiger partial charge on any atom is -0.480 e. The first-order valence-corrected chi connectivity index (χ1v) is 8.95. The van der Waals surface area contributed by atoms with Crippen LogP contribution in [0.1, 0.15) is 32.8 Å². The van der Waals surface area contributed by atoms with Crippen molar-refractivity contribution in [1.29, 1.82) is 0 Å². The Morgan fingerprint density at radius 3 is 2.70 bits per heavy atom. The molecule has 2 heterocycles. The van der Waals surface area contributed by atoms with Gasteiger partial charge >= 0.3 is 5.97 Å². The Hall–Kier alpha value is -2.67. The Labute approximate surface area is 158 Å². The summed E-state index contributed by atoms with van der Waals surface area (Å²) in [6.07, 6.45) is 2.64. The second kappa shape index (κ2) is 6.49. The first-order chi connectivity index (χ1) is 12.7. The largest absolute Gasteiger partial charge is 0.480 e. The smallest absolute Gasteiger partial charge is 0.325 e. The maximum atomic E-state index is 12.7. The van der Waals surface area contributed by atoms with Gasteiger partial charge in [0.2, 0.25) is 12.3 Å². The summed E-state index contributed by atoms with van der Waals surface area (Å²) >= 11 is 0. The molecule has 2 aliphatic heterocycles. The van der Waals surface area contributed by atoms with Crippen molar-refractivity contribution in [2.45, 2.75) is 50.9 Å². The van der Waals surface area contributed by atoms with Crippen LogP contribution < -0.4 is 15.5 Å². The fraction of sp³-hybridized carbons (Fsp3) is 0.450. The number of anilines is 1. The minimum atomic E-state index is -1.09. The fourth-order valence-corrected chi connectivity index (χ4v) is 4.42. The second-order valence-corrected chi connectivity index (χ2v) is 7.82. The number of carboxylic acid groups (broad SMARTS) is 1. The Morgan fingerprint density at radius 2 is 2.11 bits per heavy atom. The third-order valence-electron chi connectivity index (χ3n) is 6.11. The molecule has 2 aliphatic rings. The molecule has 4 atom stereocenters. The van der Waals surface area contributed by atoms with Gasteiger partial charge < -0.3 is 10.4 Å². The lowest BCUT2D eigenvalue weighted by molar-refractivity contribution is -0.141. The lowest BCUT2D eigenvalue weighted by atomic mass is 9.60. The Kier molecular flexibility index (Phi) is 4.59. The summed E-state index contributed by atoms with van der Waals surface area (Å²) in [4.78, 5) is 37.3. The van der Waals surface area contributed by atoms with Crippen LogP contribution >= 0.6 is 0 Å². The molecule has 1 saturated heterocycles. The number of rotatable bonds is 6. The number of allylic oxidation sites excluding steroid dienone is 1. The number of para-hydroxylation sites is 1. The van der Waals surface area contributed by atoms with Gasteiger partial charge in [-0.15, -0.1) is 6.58 Å². The molecular weight excluding hydrogens is 346 g/mol. The first-order valence-electron chi connectivity index (χ1n) is 8.95. The number of carbonyl (C=O) groups excluding carboxylic acids is 2. The molecule has 0 aromatic heterocycles. The van der Waals surface area contributed by atoms with Crippen molar-refractivity contribution in [3.63, 3.8) is 0 Å². The molecule has 1 aromatic rings. The SMILES string of the molecule is C=CC(C)(C)[C@@]12CC(C(=O)N[C@H](C)C(=O)O)N[C@@H]1N(C=O)c1ccccc12. The zero-order chi connectivity index (χ0) is 20.0. The molecule has 0 bridgehead atoms. The van der Waals surface area contributed by atoms with E-state index in [4.69, 9.17) is 5.11 Å². The third-order valence-corrected chi connectivity index (χ3v) is 6.11. The molecule has 3 N–H and O–H groups in total. The number of fused-ring (bicyclic) bond motifs is 3. The molecule has 0 aliphatic carbocycles. The molecule has 27 heavy (non-hydrogen) atoms. The Bertz CT molecular complexity index is 806. The number of carboxylic acids is 1. The zero-order valence-electron chi connectivity index (χ0n) is 15.7. The van der Waals surface area contributed by atoms with Gasteiger partial charge in [0.25, 0.3) is 0 Å². The number of aliphatic carboxylic acids is 1. The molecule has 7 nitrogen and oxygen atoms in total. The summed E-state index contributed by atoms with van der Waals surface area (Å²) in [5.74, 6) is -1.48. The molecular formula is C20H25N3O4. The van der Waals surface area contributed by atoms with Crippen molar-refractivity contribution in [1.82, 2.24) is 10.6 Å². The average Bonchev–Trinajstić information content (AvgIpc) is 3.15. The van der Waals surface area contributed by atoms with E-state index in [1.54, 1.807) is 4.90 Å². The fourth-order valence-electron chi connectivity index (χ4n) is 4.42. The molecule has 2 amide bonds. The van der Waals surface area contributed by atoms with Crippen LogP contribution in [-0.4, -0.2) is 41.6 Å². The molecule has 1 fully saturated rings. The van der Waals surface area contributed by atoms with Crippen molar-refractivity contribution in [3.8, 4) is 0 Å². The zero-order valence-corrected chi connectivity index (χ0v) is 15.7. The first kappa shape index (κ1) is 19.1. The van der Waals surface area contributed by atoms with E-state index in [0.29, 0.717) is 6.42 Å². The summed E-state index contributed by atoms with van der Waals surface area (Å²) in [5, 5.41) is 14.8. The van der Waals surface area contributed by atoms with Crippen LogP contribution in [0.4, 0.5) is 5.69 Å². The Balaban J connectivity index is 2.05. The molecule has 1 unspecified atom stereocenters. The van der Waals surface area contributed by atoms with Crippen LogP contribution in [0.5, 0.6) is 0 Å². The number of hydrogen-bond donors (Lipinski definition) is 3. The van der Waals surface area contributed by atoms with Gasteiger partial charge in [-0.2, -0.15) is 0 Å². The van der Waals surface area contributed by atoms with Crippen LogP contribution in [0.3, 0.4) is 0 Å². The molecule has 1 aromatic carbocycles. The molecule has 0 saturated carbocycles. The van der Waals surface area contributed by atoms with E-state index in [9.17, 15) is 14.4 Å². The summed E-state index contributed by atoms with van der Waals surface area (Å²) in [6, 6.07) is 6.07. The van der Waals surface area contributed by atoms with E-state index in [-0.39, 0.29) is 5.91 Å². The highest BCUT2D eigenvalue weighted by atomic mass is 16.4. The van der Waals surface area contributed by atoms with E-state index in [1.165, 1.54) is 6.92 Å². The maximum absolute atomic E-state index is 12.7. The minimum absolute atomic E-state index is 0.387. The molecule has 144 valence electrons. The second-order valence-electron chi connectivity index (χ2n) is 7.82. The average molecular weight is 371 g/mol. The van der Waals surface area contributed by atoms with E-state index in [1.807, 2.05) is 44.2 Å². The van der Waals surface area contributed by atoms with Crippen LogP contribution in [-0.2, 0) is 19.8 Å². The summed E-state index contributed by atoms with van der Waals surface area (Å²) in [7, 11) is 0. The molecule has 3 rings (SSSR count). The van der Waals surface area contributed by atoms with Gasteiger partial charge in [0.1, 0.15) is 6.04 Å². The predicted molar refractivity (Wildman–Crippen MR) is 101 cm³/mol. The summed E-state index contributed by atoms with van der Waals surface area (Å²) < 4.78 is 0. The molecule has 7 heteroatoms. The van der Waals surface area contributed by atoms with E-state index >= 15 is 0 Å². The highest BCUT2D eigenvalue weighted by Gasteiger charge is 2.63. The van der Waals surface area contributed by atoms with Crippen LogP contribution in [0.2, 0.25) is 0 Å². The van der Waals surface area contributed by atoms with Crippen LogP contribution in [0.15, 0.2) is 36.9 Å². The monoisotopic (exact) mass is 371 g/mol. The number of benzene rings is 1. The third kappa shape index (κ3) is 2.65.